The van der Waals surface area contributed by atoms with Gasteiger partial charge < -0.3 is 29.8 Å². The van der Waals surface area contributed by atoms with Gasteiger partial charge in [0.25, 0.3) is 0 Å². The molecule has 2 atom stereocenters. The maximum absolute atomic E-state index is 12.8. The van der Waals surface area contributed by atoms with Crippen molar-refractivity contribution in [3.8, 4) is 0 Å². The number of amides is 2. The van der Waals surface area contributed by atoms with Crippen molar-refractivity contribution >= 4 is 24.1 Å². The monoisotopic (exact) mass is 526 g/mol. The number of hydrogen-bond donors (Lipinski definition) is 2. The maximum atomic E-state index is 12.8. The van der Waals surface area contributed by atoms with Crippen molar-refractivity contribution in [2.75, 3.05) is 26.2 Å². The SMILES string of the molecule is O=C(ON(C(=O)OCc1ccccc1)C1CCNC1)C(=O)ON(C(=O)OCc1ccccc1)C1CCNC1. The second kappa shape index (κ2) is 13.4. The molecule has 12 nitrogen and oxygen atoms in total. The molecule has 0 bridgehead atoms. The highest BCUT2D eigenvalue weighted by Gasteiger charge is 2.38. The third kappa shape index (κ3) is 7.43. The molecule has 2 N–H and O–H groups in total. The summed E-state index contributed by atoms with van der Waals surface area (Å²) in [7, 11) is 0. The van der Waals surface area contributed by atoms with Crippen LogP contribution in [0.4, 0.5) is 9.59 Å². The lowest BCUT2D eigenvalue weighted by molar-refractivity contribution is -0.216. The third-order valence-electron chi connectivity index (χ3n) is 6.03. The van der Waals surface area contributed by atoms with E-state index in [0.29, 0.717) is 39.0 Å². The average Bonchev–Trinajstić information content (AvgIpc) is 3.68. The molecule has 2 aliphatic rings. The Labute approximate surface area is 219 Å². The molecule has 2 aliphatic heterocycles. The van der Waals surface area contributed by atoms with Crippen LogP contribution < -0.4 is 10.6 Å². The fourth-order valence-corrected chi connectivity index (χ4v) is 4.02. The number of ether oxygens (including phenoxy) is 2. The molecule has 0 spiro atoms. The maximum Gasteiger partial charge on any atom is 0.444 e. The topological polar surface area (TPSA) is 136 Å². The van der Waals surface area contributed by atoms with E-state index in [2.05, 4.69) is 10.6 Å². The van der Waals surface area contributed by atoms with Gasteiger partial charge in [-0.3, -0.25) is 0 Å². The summed E-state index contributed by atoms with van der Waals surface area (Å²) in [6.07, 6.45) is -0.895. The van der Waals surface area contributed by atoms with Gasteiger partial charge in [0, 0.05) is 13.1 Å². The van der Waals surface area contributed by atoms with E-state index in [1.807, 2.05) is 12.1 Å². The van der Waals surface area contributed by atoms with Gasteiger partial charge in [-0.15, -0.1) is 10.1 Å². The Bertz CT molecular complexity index is 1000. The first kappa shape index (κ1) is 26.9. The highest BCUT2D eigenvalue weighted by atomic mass is 16.8. The van der Waals surface area contributed by atoms with E-state index in [-0.39, 0.29) is 13.2 Å². The van der Waals surface area contributed by atoms with Crippen LogP contribution in [0.25, 0.3) is 0 Å². The molecular formula is C26H30N4O8. The lowest BCUT2D eigenvalue weighted by Gasteiger charge is -2.27. The van der Waals surface area contributed by atoms with Crippen LogP contribution in [0.2, 0.25) is 0 Å². The molecule has 0 aliphatic carbocycles. The second-order valence-electron chi connectivity index (χ2n) is 8.78. The number of nitrogens with one attached hydrogen (secondary N) is 2. The van der Waals surface area contributed by atoms with Crippen LogP contribution in [0.1, 0.15) is 24.0 Å². The fraction of sp³-hybridized carbons (Fsp3) is 0.385. The highest BCUT2D eigenvalue weighted by molar-refractivity contribution is 6.29. The summed E-state index contributed by atoms with van der Waals surface area (Å²) in [6, 6.07) is 16.9. The van der Waals surface area contributed by atoms with Crippen LogP contribution in [-0.4, -0.2) is 72.5 Å². The Hall–Kier alpha value is -4.16. The summed E-state index contributed by atoms with van der Waals surface area (Å²) in [5, 5.41) is 7.60. The molecule has 2 aromatic carbocycles. The molecule has 2 saturated heterocycles. The van der Waals surface area contributed by atoms with Crippen LogP contribution in [0.5, 0.6) is 0 Å². The van der Waals surface area contributed by atoms with Gasteiger partial charge in [-0.25, -0.2) is 19.2 Å². The zero-order valence-electron chi connectivity index (χ0n) is 20.7. The van der Waals surface area contributed by atoms with Crippen LogP contribution in [0.3, 0.4) is 0 Å². The number of benzene rings is 2. The van der Waals surface area contributed by atoms with E-state index in [4.69, 9.17) is 19.1 Å². The molecule has 38 heavy (non-hydrogen) atoms. The number of carbonyl (C=O) groups excluding carboxylic acids is 4. The lowest BCUT2D eigenvalue weighted by Crippen LogP contribution is -2.47. The Kier molecular flexibility index (Phi) is 9.48. The molecule has 202 valence electrons. The van der Waals surface area contributed by atoms with Gasteiger partial charge in [0.1, 0.15) is 13.2 Å². The molecule has 4 rings (SSSR count). The van der Waals surface area contributed by atoms with E-state index in [0.717, 1.165) is 21.3 Å². The average molecular weight is 527 g/mol. The molecular weight excluding hydrogens is 496 g/mol. The van der Waals surface area contributed by atoms with Crippen LogP contribution in [0, 0.1) is 0 Å². The predicted octanol–water partition coefficient (Wildman–Crippen LogP) is 1.90. The number of hydroxylamine groups is 4. The number of rotatable bonds is 6. The second-order valence-corrected chi connectivity index (χ2v) is 8.78. The smallest absolute Gasteiger partial charge is 0.442 e. The lowest BCUT2D eigenvalue weighted by atomic mass is 10.2. The van der Waals surface area contributed by atoms with Crippen LogP contribution >= 0.6 is 0 Å². The molecule has 0 saturated carbocycles. The van der Waals surface area contributed by atoms with Crippen molar-refractivity contribution in [3.63, 3.8) is 0 Å². The van der Waals surface area contributed by atoms with Gasteiger partial charge in [0.05, 0.1) is 12.1 Å². The van der Waals surface area contributed by atoms with Crippen molar-refractivity contribution in [1.82, 2.24) is 20.8 Å². The molecule has 2 aromatic rings. The quantitative estimate of drug-likeness (QED) is 0.424. The van der Waals surface area contributed by atoms with E-state index >= 15 is 0 Å². The van der Waals surface area contributed by atoms with Gasteiger partial charge in [-0.2, -0.15) is 0 Å². The predicted molar refractivity (Wildman–Crippen MR) is 132 cm³/mol. The number of carbonyl (C=O) groups is 4. The standard InChI is InChI=1S/C26H30N4O8/c31-23(37-29(21-11-13-27-15-21)25(33)35-17-19-7-3-1-4-8-19)24(32)38-30(22-12-14-28-16-22)26(34)36-18-20-9-5-2-6-10-20/h1-10,21-22,27-28H,11-18H2. The number of hydrogen-bond acceptors (Lipinski definition) is 10. The van der Waals surface area contributed by atoms with E-state index < -0.39 is 36.2 Å². The van der Waals surface area contributed by atoms with E-state index in [9.17, 15) is 19.2 Å². The Morgan fingerprint density at radius 3 is 1.39 bits per heavy atom. The van der Waals surface area contributed by atoms with Gasteiger partial charge in [0.2, 0.25) is 0 Å². The molecule has 2 fully saturated rings. The first-order valence-electron chi connectivity index (χ1n) is 12.4. The molecule has 12 heteroatoms. The van der Waals surface area contributed by atoms with Crippen molar-refractivity contribution in [2.24, 2.45) is 0 Å². The van der Waals surface area contributed by atoms with Crippen molar-refractivity contribution < 1.29 is 38.3 Å². The summed E-state index contributed by atoms with van der Waals surface area (Å²) < 4.78 is 10.6. The Balaban J connectivity index is 1.37. The van der Waals surface area contributed by atoms with Gasteiger partial charge in [-0.05, 0) is 37.1 Å². The first-order valence-corrected chi connectivity index (χ1v) is 12.4. The van der Waals surface area contributed by atoms with Crippen LogP contribution in [-0.2, 0) is 42.0 Å². The van der Waals surface area contributed by atoms with Crippen molar-refractivity contribution in [2.45, 2.75) is 38.1 Å². The third-order valence-corrected chi connectivity index (χ3v) is 6.03. The molecule has 0 radical (unpaired) electrons. The zero-order chi connectivity index (χ0) is 26.7. The normalized spacial score (nSPS) is 18.3. The van der Waals surface area contributed by atoms with E-state index in [1.165, 1.54) is 0 Å². The summed E-state index contributed by atoms with van der Waals surface area (Å²) in [5.41, 5.74) is 1.48. The van der Waals surface area contributed by atoms with Gasteiger partial charge in [-0.1, -0.05) is 60.7 Å². The molecule has 0 aromatic heterocycles. The van der Waals surface area contributed by atoms with Crippen molar-refractivity contribution in [1.29, 1.82) is 0 Å². The Morgan fingerprint density at radius 2 is 1.05 bits per heavy atom. The summed E-state index contributed by atoms with van der Waals surface area (Å²) in [4.78, 5) is 61.2. The van der Waals surface area contributed by atoms with Crippen molar-refractivity contribution in [3.05, 3.63) is 71.8 Å². The molecule has 2 amide bonds. The summed E-state index contributed by atoms with van der Waals surface area (Å²) in [6.45, 7) is 1.76. The fourth-order valence-electron chi connectivity index (χ4n) is 4.02. The zero-order valence-corrected chi connectivity index (χ0v) is 20.7. The first-order chi connectivity index (χ1) is 18.5. The van der Waals surface area contributed by atoms with Gasteiger partial charge >= 0.3 is 24.1 Å². The summed E-state index contributed by atoms with van der Waals surface area (Å²) >= 11 is 0. The minimum atomic E-state index is -1.47. The highest BCUT2D eigenvalue weighted by Crippen LogP contribution is 2.16. The minimum Gasteiger partial charge on any atom is -0.442 e. The minimum absolute atomic E-state index is 0.0476. The molecule has 2 heterocycles. The van der Waals surface area contributed by atoms with Gasteiger partial charge in [0.15, 0.2) is 0 Å². The van der Waals surface area contributed by atoms with Crippen LogP contribution in [0.15, 0.2) is 60.7 Å². The van der Waals surface area contributed by atoms with E-state index in [1.54, 1.807) is 48.5 Å². The largest absolute Gasteiger partial charge is 0.444 e. The molecule has 2 unspecified atom stereocenters. The number of nitrogens with zero attached hydrogens (tertiary/aromatic N) is 2. The summed E-state index contributed by atoms with van der Waals surface area (Å²) in [5.74, 6) is -2.94. The Morgan fingerprint density at radius 1 is 0.658 bits per heavy atom.